The smallest absolute Gasteiger partial charge is 0.272 e. The molecule has 206 valence electrons. The summed E-state index contributed by atoms with van der Waals surface area (Å²) in [5.41, 5.74) is 6.08. The topological polar surface area (TPSA) is 135 Å². The Morgan fingerprint density at radius 2 is 1.70 bits per heavy atom. The average Bonchev–Trinajstić information content (AvgIpc) is 3.36. The molecule has 0 saturated heterocycles. The molecule has 4 aromatic rings. The Bertz CT molecular complexity index is 1570. The molecular weight excluding hydrogens is 542 g/mol. The number of carbonyl (C=O) groups is 2. The molecule has 1 aliphatic rings. The molecule has 2 aromatic carbocycles. The minimum Gasteiger partial charge on any atom is -0.393 e. The van der Waals surface area contributed by atoms with Gasteiger partial charge in [-0.25, -0.2) is 18.4 Å². The van der Waals surface area contributed by atoms with E-state index in [2.05, 4.69) is 20.7 Å². The number of carbonyl (C=O) groups excluding carboxylic acids is 2. The van der Waals surface area contributed by atoms with Gasteiger partial charge in [-0.2, -0.15) is 5.10 Å². The van der Waals surface area contributed by atoms with Crippen molar-refractivity contribution in [1.82, 2.24) is 20.1 Å². The quantitative estimate of drug-likeness (QED) is 0.266. The zero-order chi connectivity index (χ0) is 28.4. The van der Waals surface area contributed by atoms with Crippen molar-refractivity contribution < 1.29 is 23.5 Å². The van der Waals surface area contributed by atoms with Gasteiger partial charge in [0.15, 0.2) is 23.1 Å². The number of rotatable bonds is 6. The lowest BCUT2D eigenvalue weighted by molar-refractivity contribution is 0.0862. The second-order valence-electron chi connectivity index (χ2n) is 9.48. The number of hydrogen-bond acceptors (Lipinski definition) is 6. The van der Waals surface area contributed by atoms with Crippen molar-refractivity contribution in [3.05, 3.63) is 88.6 Å². The van der Waals surface area contributed by atoms with E-state index in [1.54, 1.807) is 24.3 Å². The Balaban J connectivity index is 1.44. The summed E-state index contributed by atoms with van der Waals surface area (Å²) in [5.74, 6) is -3.32. The summed E-state index contributed by atoms with van der Waals surface area (Å²) in [4.78, 5) is 30.2. The summed E-state index contributed by atoms with van der Waals surface area (Å²) in [5, 5.41) is 19.9. The first kappa shape index (κ1) is 27.2. The number of aliphatic hydroxyl groups is 1. The van der Waals surface area contributed by atoms with E-state index in [0.29, 0.717) is 37.4 Å². The summed E-state index contributed by atoms with van der Waals surface area (Å²) >= 11 is 6.31. The average molecular weight is 567 g/mol. The Morgan fingerprint density at radius 3 is 2.42 bits per heavy atom. The maximum atomic E-state index is 14.4. The maximum Gasteiger partial charge on any atom is 0.272 e. The lowest BCUT2D eigenvalue weighted by atomic mass is 9.93. The molecule has 0 atom stereocenters. The van der Waals surface area contributed by atoms with Gasteiger partial charge in [-0.15, -0.1) is 0 Å². The summed E-state index contributed by atoms with van der Waals surface area (Å²) in [7, 11) is 0. The Labute approximate surface area is 233 Å². The van der Waals surface area contributed by atoms with E-state index in [4.69, 9.17) is 17.3 Å². The number of anilines is 2. The van der Waals surface area contributed by atoms with Gasteiger partial charge in [-0.3, -0.25) is 9.59 Å². The first-order valence-electron chi connectivity index (χ1n) is 12.6. The van der Waals surface area contributed by atoms with E-state index < -0.39 is 29.3 Å². The van der Waals surface area contributed by atoms with Crippen molar-refractivity contribution >= 4 is 35.1 Å². The van der Waals surface area contributed by atoms with Crippen LogP contribution in [0.1, 0.15) is 46.5 Å². The van der Waals surface area contributed by atoms with Crippen LogP contribution in [-0.4, -0.2) is 43.8 Å². The molecule has 1 fully saturated rings. The number of pyridine rings is 1. The molecule has 0 radical (unpaired) electrons. The molecule has 1 saturated carbocycles. The van der Waals surface area contributed by atoms with Crippen molar-refractivity contribution in [3.8, 4) is 16.9 Å². The second-order valence-corrected chi connectivity index (χ2v) is 9.88. The largest absolute Gasteiger partial charge is 0.393 e. The molecule has 1 aliphatic carbocycles. The molecule has 2 heterocycles. The minimum absolute atomic E-state index is 0.0177. The maximum absolute atomic E-state index is 14.4. The van der Waals surface area contributed by atoms with Crippen LogP contribution in [-0.2, 0) is 0 Å². The molecule has 40 heavy (non-hydrogen) atoms. The second kappa shape index (κ2) is 11.4. The van der Waals surface area contributed by atoms with Gasteiger partial charge in [0.25, 0.3) is 11.8 Å². The van der Waals surface area contributed by atoms with Crippen LogP contribution in [0.25, 0.3) is 16.9 Å². The number of nitrogens with zero attached hydrogens (tertiary/aromatic N) is 3. The molecular formula is C28H25ClF2N6O3. The Hall–Kier alpha value is -4.35. The summed E-state index contributed by atoms with van der Waals surface area (Å²) in [6.07, 6.45) is 2.16. The molecule has 5 N–H and O–H groups in total. The zero-order valence-corrected chi connectivity index (χ0v) is 21.8. The van der Waals surface area contributed by atoms with E-state index in [1.165, 1.54) is 28.9 Å². The number of hydrogen-bond donors (Lipinski definition) is 4. The number of para-hydroxylation sites is 1. The van der Waals surface area contributed by atoms with Gasteiger partial charge in [0, 0.05) is 23.7 Å². The fourth-order valence-electron chi connectivity index (χ4n) is 4.54. The first-order chi connectivity index (χ1) is 19.2. The number of aliphatic hydroxyl groups excluding tert-OH is 1. The Morgan fingerprint density at radius 1 is 0.975 bits per heavy atom. The number of halogens is 3. The predicted molar refractivity (Wildman–Crippen MR) is 146 cm³/mol. The highest BCUT2D eigenvalue weighted by Crippen LogP contribution is 2.29. The third kappa shape index (κ3) is 5.80. The van der Waals surface area contributed by atoms with Crippen LogP contribution in [0.3, 0.4) is 0 Å². The van der Waals surface area contributed by atoms with E-state index in [-0.39, 0.29) is 45.5 Å². The van der Waals surface area contributed by atoms with Crippen LogP contribution in [0.15, 0.2) is 60.7 Å². The van der Waals surface area contributed by atoms with Crippen LogP contribution in [0.4, 0.5) is 20.4 Å². The fraction of sp³-hybridized carbons (Fsp3) is 0.214. The minimum atomic E-state index is -0.997. The van der Waals surface area contributed by atoms with E-state index >= 15 is 0 Å². The van der Waals surface area contributed by atoms with Crippen LogP contribution < -0.4 is 16.4 Å². The molecule has 0 bridgehead atoms. The van der Waals surface area contributed by atoms with Crippen molar-refractivity contribution in [3.63, 3.8) is 0 Å². The number of amides is 2. The van der Waals surface area contributed by atoms with Crippen LogP contribution in [0, 0.1) is 11.6 Å². The van der Waals surface area contributed by atoms with Gasteiger partial charge < -0.3 is 21.5 Å². The number of nitrogens with one attached hydrogen (secondary N) is 2. The number of aromatic nitrogens is 3. The van der Waals surface area contributed by atoms with Gasteiger partial charge in [0.2, 0.25) is 0 Å². The SMILES string of the molecule is Nc1nc(-c2ccc(Cl)c(C(=O)Nc3cc(C(=O)N[C@H]4CC[C@H](O)CC4)nn3-c3ccccc3)c2)c(F)cc1F. The number of benzene rings is 2. The number of nitrogens with two attached hydrogens (primary N) is 1. The highest BCUT2D eigenvalue weighted by atomic mass is 35.5. The lowest BCUT2D eigenvalue weighted by Gasteiger charge is -2.25. The third-order valence-corrected chi connectivity index (χ3v) is 6.99. The normalized spacial score (nSPS) is 16.9. The van der Waals surface area contributed by atoms with Gasteiger partial charge in [0.05, 0.1) is 22.4 Å². The molecule has 0 unspecified atom stereocenters. The van der Waals surface area contributed by atoms with Crippen LogP contribution in [0.5, 0.6) is 0 Å². The van der Waals surface area contributed by atoms with Crippen molar-refractivity contribution in [2.24, 2.45) is 0 Å². The molecule has 2 amide bonds. The summed E-state index contributed by atoms with van der Waals surface area (Å²) in [6.45, 7) is 0. The molecule has 0 aliphatic heterocycles. The monoisotopic (exact) mass is 566 g/mol. The molecule has 9 nitrogen and oxygen atoms in total. The van der Waals surface area contributed by atoms with Gasteiger partial charge in [0.1, 0.15) is 11.5 Å². The first-order valence-corrected chi connectivity index (χ1v) is 12.9. The van der Waals surface area contributed by atoms with E-state index in [9.17, 15) is 23.5 Å². The Kier molecular flexibility index (Phi) is 7.76. The van der Waals surface area contributed by atoms with Gasteiger partial charge >= 0.3 is 0 Å². The van der Waals surface area contributed by atoms with Crippen LogP contribution in [0.2, 0.25) is 5.02 Å². The molecule has 2 aromatic heterocycles. The molecule has 0 spiro atoms. The van der Waals surface area contributed by atoms with Crippen LogP contribution >= 0.6 is 11.6 Å². The summed E-state index contributed by atoms with van der Waals surface area (Å²) < 4.78 is 29.5. The van der Waals surface area contributed by atoms with Crippen molar-refractivity contribution in [2.45, 2.75) is 37.8 Å². The standard InChI is InChI=1S/C28H25ClF2N6O3/c29-20-11-6-15(25-21(30)13-22(31)26(32)35-25)12-19(20)27(39)34-24-14-23(36-37(24)17-4-2-1-3-5-17)28(40)33-16-7-9-18(38)10-8-16/h1-6,11-14,16,18,38H,7-10H2,(H2,32,35)(H,33,40)(H,34,39)/t16-,18-. The highest BCUT2D eigenvalue weighted by molar-refractivity contribution is 6.34. The molecule has 12 heteroatoms. The molecule has 5 rings (SSSR count). The van der Waals surface area contributed by atoms with Crippen molar-refractivity contribution in [1.29, 1.82) is 0 Å². The fourth-order valence-corrected chi connectivity index (χ4v) is 4.74. The van der Waals surface area contributed by atoms with E-state index in [0.717, 1.165) is 0 Å². The van der Waals surface area contributed by atoms with Crippen molar-refractivity contribution in [2.75, 3.05) is 11.1 Å². The third-order valence-electron chi connectivity index (χ3n) is 6.66. The lowest BCUT2D eigenvalue weighted by Crippen LogP contribution is -2.38. The predicted octanol–water partition coefficient (Wildman–Crippen LogP) is 4.73. The number of nitrogen functional groups attached to an aromatic ring is 1. The highest BCUT2D eigenvalue weighted by Gasteiger charge is 2.24. The van der Waals surface area contributed by atoms with E-state index in [1.807, 2.05) is 6.07 Å². The zero-order valence-electron chi connectivity index (χ0n) is 21.1. The van der Waals surface area contributed by atoms with Gasteiger partial charge in [-0.05, 0) is 49.9 Å². The summed E-state index contributed by atoms with van der Waals surface area (Å²) in [6, 6.07) is 15.0. The van der Waals surface area contributed by atoms with Gasteiger partial charge in [-0.1, -0.05) is 35.9 Å².